The number of hydrogen-bond acceptors (Lipinski definition) is 8. The van der Waals surface area contributed by atoms with Crippen LogP contribution in [-0.2, 0) is 24.1 Å². The Morgan fingerprint density at radius 2 is 1.73 bits per heavy atom. The number of carbonyl (C=O) groups excluding carboxylic acids is 2. The number of nitrogens with two attached hydrogens (primary N) is 2. The number of aromatic hydroxyl groups is 2. The number of benzene rings is 3. The molecule has 0 bridgehead atoms. The van der Waals surface area contributed by atoms with Crippen LogP contribution in [0.25, 0.3) is 0 Å². The quantitative estimate of drug-likeness (QED) is 0.0282. The van der Waals surface area contributed by atoms with Gasteiger partial charge in [-0.15, -0.1) is 0 Å². The van der Waals surface area contributed by atoms with Crippen molar-refractivity contribution < 1.29 is 29.6 Å². The maximum absolute atomic E-state index is 13.8. The van der Waals surface area contributed by atoms with Crippen LogP contribution in [0.3, 0.4) is 0 Å². The van der Waals surface area contributed by atoms with Crippen LogP contribution >= 0.6 is 0 Å². The minimum Gasteiger partial charge on any atom is -0.508 e. The Balaban J connectivity index is 1.23. The van der Waals surface area contributed by atoms with E-state index >= 15 is 0 Å². The molecule has 9 heteroatoms. The molecule has 0 spiro atoms. The molecule has 8 N–H and O–H groups in total. The maximum atomic E-state index is 13.8. The summed E-state index contributed by atoms with van der Waals surface area (Å²) >= 11 is 0. The summed E-state index contributed by atoms with van der Waals surface area (Å²) in [5, 5.41) is 31.0. The predicted octanol–water partition coefficient (Wildman–Crippen LogP) is 6.93. The second kappa shape index (κ2) is 18.0. The fourth-order valence-corrected chi connectivity index (χ4v) is 6.97. The van der Waals surface area contributed by atoms with Crippen LogP contribution in [0.15, 0.2) is 85.2 Å². The first-order valence-electron chi connectivity index (χ1n) is 18.1. The molecular formula is C42H51N3O6. The summed E-state index contributed by atoms with van der Waals surface area (Å²) in [6, 6.07) is 18.3. The van der Waals surface area contributed by atoms with Gasteiger partial charge in [0.25, 0.3) is 0 Å². The highest BCUT2D eigenvalue weighted by Crippen LogP contribution is 2.46. The zero-order valence-corrected chi connectivity index (χ0v) is 29.4. The van der Waals surface area contributed by atoms with Crippen molar-refractivity contribution in [1.29, 1.82) is 0 Å². The van der Waals surface area contributed by atoms with Gasteiger partial charge in [-0.25, -0.2) is 0 Å². The molecule has 0 amide bonds. The Kier molecular flexibility index (Phi) is 13.2. The van der Waals surface area contributed by atoms with E-state index in [1.807, 2.05) is 36.4 Å². The van der Waals surface area contributed by atoms with Gasteiger partial charge in [-0.05, 0) is 104 Å². The fraction of sp³-hybridized carbons (Fsp3) is 0.381. The molecule has 0 saturated carbocycles. The number of ether oxygens (including phenoxy) is 1. The molecule has 0 aliphatic heterocycles. The number of aromatic nitrogens is 1. The number of aromatic amines is 1. The second-order valence-corrected chi connectivity index (χ2v) is 13.7. The minimum absolute atomic E-state index is 0.0211. The summed E-state index contributed by atoms with van der Waals surface area (Å²) in [6.07, 6.45) is 13.5. The Labute approximate surface area is 300 Å². The first-order valence-corrected chi connectivity index (χ1v) is 18.1. The molecule has 3 unspecified atom stereocenters. The zero-order valence-electron chi connectivity index (χ0n) is 29.4. The smallest absolute Gasteiger partial charge is 0.168 e. The lowest BCUT2D eigenvalue weighted by atomic mass is 9.68. The van der Waals surface area contributed by atoms with Crippen LogP contribution in [0.2, 0.25) is 0 Å². The molecule has 0 fully saturated rings. The first kappa shape index (κ1) is 37.6. The minimum atomic E-state index is -0.609. The van der Waals surface area contributed by atoms with E-state index in [2.05, 4.69) is 4.98 Å². The molecule has 0 radical (unpaired) electrons. The van der Waals surface area contributed by atoms with Crippen LogP contribution in [0.1, 0.15) is 108 Å². The zero-order chi connectivity index (χ0) is 36.3. The molecule has 1 aliphatic carbocycles. The van der Waals surface area contributed by atoms with Gasteiger partial charge < -0.3 is 36.5 Å². The van der Waals surface area contributed by atoms with Crippen LogP contribution in [0.4, 0.5) is 0 Å². The van der Waals surface area contributed by atoms with Crippen LogP contribution in [0, 0.1) is 5.92 Å². The van der Waals surface area contributed by atoms with Crippen molar-refractivity contribution in [2.45, 2.75) is 89.3 Å². The van der Waals surface area contributed by atoms with Crippen molar-refractivity contribution in [3.63, 3.8) is 0 Å². The number of fused-ring (bicyclic) bond motifs is 1. The molecule has 3 aromatic carbocycles. The van der Waals surface area contributed by atoms with Crippen molar-refractivity contribution in [3.8, 4) is 17.2 Å². The molecule has 270 valence electrons. The highest BCUT2D eigenvalue weighted by molar-refractivity contribution is 5.99. The highest BCUT2D eigenvalue weighted by Gasteiger charge is 2.37. The fourth-order valence-electron chi connectivity index (χ4n) is 6.97. The molecular weight excluding hydrogens is 642 g/mol. The van der Waals surface area contributed by atoms with E-state index in [0.717, 1.165) is 59.9 Å². The van der Waals surface area contributed by atoms with E-state index in [-0.39, 0.29) is 47.6 Å². The first-order chi connectivity index (χ1) is 24.6. The van der Waals surface area contributed by atoms with Gasteiger partial charge >= 0.3 is 0 Å². The normalized spacial score (nSPS) is 16.3. The number of carbonyl (C=O) groups is 2. The number of Topliss-reactive ketones (excluding diaryl/α,β-unsaturated/α-hetero) is 1. The predicted molar refractivity (Wildman–Crippen MR) is 199 cm³/mol. The van der Waals surface area contributed by atoms with Gasteiger partial charge in [-0.2, -0.15) is 0 Å². The number of hydrogen-bond donors (Lipinski definition) is 6. The van der Waals surface area contributed by atoms with Gasteiger partial charge in [0.2, 0.25) is 0 Å². The average Bonchev–Trinajstić information content (AvgIpc) is 3.66. The molecule has 51 heavy (non-hydrogen) atoms. The van der Waals surface area contributed by atoms with E-state index in [1.165, 1.54) is 0 Å². The molecule has 0 saturated heterocycles. The lowest BCUT2D eigenvalue weighted by molar-refractivity contribution is -0.114. The summed E-state index contributed by atoms with van der Waals surface area (Å²) in [6.45, 7) is 2.07. The van der Waals surface area contributed by atoms with Crippen molar-refractivity contribution in [2.75, 3.05) is 6.61 Å². The highest BCUT2D eigenvalue weighted by atomic mass is 16.5. The largest absolute Gasteiger partial charge is 0.508 e. The van der Waals surface area contributed by atoms with Gasteiger partial charge in [0.1, 0.15) is 5.75 Å². The lowest BCUT2D eigenvalue weighted by Gasteiger charge is -2.34. The monoisotopic (exact) mass is 693 g/mol. The Morgan fingerprint density at radius 1 is 0.941 bits per heavy atom. The third-order valence-corrected chi connectivity index (χ3v) is 9.79. The Bertz CT molecular complexity index is 1800. The van der Waals surface area contributed by atoms with E-state index in [9.17, 15) is 24.9 Å². The average molecular weight is 694 g/mol. The summed E-state index contributed by atoms with van der Waals surface area (Å²) in [7, 11) is 0. The molecule has 3 atom stereocenters. The van der Waals surface area contributed by atoms with E-state index < -0.39 is 6.17 Å². The van der Waals surface area contributed by atoms with Crippen molar-refractivity contribution in [2.24, 2.45) is 17.4 Å². The van der Waals surface area contributed by atoms with Crippen molar-refractivity contribution in [1.82, 2.24) is 4.98 Å². The van der Waals surface area contributed by atoms with Gasteiger partial charge in [-0.3, -0.25) is 9.59 Å². The van der Waals surface area contributed by atoms with Gasteiger partial charge in [0.15, 0.2) is 23.1 Å². The number of unbranched alkanes of at least 4 members (excludes halogenated alkanes) is 3. The van der Waals surface area contributed by atoms with Crippen molar-refractivity contribution in [3.05, 3.63) is 124 Å². The standard InChI is InChI=1S/C42H51N3O6/c1-27(46)7-5-3-2-4-6-8-33(47)14-9-28-11-18-38(49)39(24-28)51-22-20-29-10-17-37(48)36(23-29)40-34-15-13-31(42(43)44)25-30(34)12-16-35(40)41(50)32-19-21-45-26-32/h6,8,10-11,13,15,17-19,21,23-27,35,40,42,45-46,48-49H,2-5,7,9,12,14,16,20,22,43-44H2,1H3. The van der Waals surface area contributed by atoms with Crippen LogP contribution in [0.5, 0.6) is 17.2 Å². The van der Waals surface area contributed by atoms with E-state index in [1.54, 1.807) is 55.7 Å². The SMILES string of the molecule is CC(O)CCCCCC=CC(=O)CCc1ccc(O)c(OCCc2ccc(O)c(C3c4ccc(C(N)N)cc4CCC3C(=O)c3cc[nH]c3)c2)c1. The number of phenols is 2. The number of H-pyrrole nitrogens is 1. The molecule has 4 aromatic rings. The lowest BCUT2D eigenvalue weighted by Crippen LogP contribution is -2.29. The van der Waals surface area contributed by atoms with Gasteiger partial charge in [-0.1, -0.05) is 55.3 Å². The summed E-state index contributed by atoms with van der Waals surface area (Å²) in [5.74, 6) is -0.194. The number of ketones is 2. The molecule has 1 aromatic heterocycles. The maximum Gasteiger partial charge on any atom is 0.168 e. The molecule has 5 rings (SSSR count). The van der Waals surface area contributed by atoms with Gasteiger partial charge in [0, 0.05) is 48.2 Å². The van der Waals surface area contributed by atoms with Crippen LogP contribution in [-0.4, -0.2) is 44.6 Å². The summed E-state index contributed by atoms with van der Waals surface area (Å²) < 4.78 is 6.02. The second-order valence-electron chi connectivity index (χ2n) is 13.7. The van der Waals surface area contributed by atoms with Crippen molar-refractivity contribution >= 4 is 11.6 Å². The number of nitrogens with one attached hydrogen (secondary N) is 1. The third-order valence-electron chi connectivity index (χ3n) is 9.79. The topological polar surface area (TPSA) is 172 Å². The van der Waals surface area contributed by atoms with Crippen LogP contribution < -0.4 is 16.2 Å². The Morgan fingerprint density at radius 3 is 2.47 bits per heavy atom. The number of aliphatic hydroxyl groups is 1. The molecule has 9 nitrogen and oxygen atoms in total. The molecule has 1 aliphatic rings. The number of rotatable bonds is 18. The Hall–Kier alpha value is -4.70. The number of allylic oxidation sites excluding steroid dienone is 2. The summed E-state index contributed by atoms with van der Waals surface area (Å²) in [4.78, 5) is 29.2. The number of aryl methyl sites for hydroxylation is 2. The third kappa shape index (κ3) is 10.2. The van der Waals surface area contributed by atoms with E-state index in [0.29, 0.717) is 49.0 Å². The van der Waals surface area contributed by atoms with Gasteiger partial charge in [0.05, 0.1) is 18.9 Å². The summed E-state index contributed by atoms with van der Waals surface area (Å²) in [5.41, 5.74) is 17.9. The number of phenolic OH excluding ortho intramolecular Hbond substituents is 2. The number of aliphatic hydroxyl groups excluding tert-OH is 1. The molecule has 1 heterocycles. The van der Waals surface area contributed by atoms with E-state index in [4.69, 9.17) is 16.2 Å².